The van der Waals surface area contributed by atoms with Gasteiger partial charge in [-0.2, -0.15) is 0 Å². The van der Waals surface area contributed by atoms with Crippen molar-refractivity contribution in [1.82, 2.24) is 0 Å². The third kappa shape index (κ3) is 2.37. The normalized spacial score (nSPS) is 35.2. The zero-order chi connectivity index (χ0) is 10.6. The molecule has 1 aliphatic carbocycles. The second-order valence-electron chi connectivity index (χ2n) is 4.58. The monoisotopic (exact) mass is 197 g/mol. The van der Waals surface area contributed by atoms with E-state index in [2.05, 4.69) is 13.5 Å². The lowest BCUT2D eigenvalue weighted by molar-refractivity contribution is -0.0653. The lowest BCUT2D eigenvalue weighted by Crippen LogP contribution is -2.51. The van der Waals surface area contributed by atoms with E-state index in [0.717, 1.165) is 25.2 Å². The third-order valence-corrected chi connectivity index (χ3v) is 3.62. The second kappa shape index (κ2) is 4.94. The molecule has 2 heteroatoms. The largest absolute Gasteiger partial charge is 0.377 e. The van der Waals surface area contributed by atoms with Crippen LogP contribution in [-0.2, 0) is 4.74 Å². The molecule has 2 N–H and O–H groups in total. The molecular weight excluding hydrogens is 174 g/mol. The highest BCUT2D eigenvalue weighted by Crippen LogP contribution is 2.37. The lowest BCUT2D eigenvalue weighted by Gasteiger charge is -2.42. The van der Waals surface area contributed by atoms with Crippen molar-refractivity contribution in [3.8, 4) is 0 Å². The summed E-state index contributed by atoms with van der Waals surface area (Å²) < 4.78 is 5.67. The van der Waals surface area contributed by atoms with Gasteiger partial charge in [-0.1, -0.05) is 13.0 Å². The molecule has 0 aromatic heterocycles. The molecule has 1 atom stereocenters. The van der Waals surface area contributed by atoms with Crippen molar-refractivity contribution in [2.24, 2.45) is 11.7 Å². The Kier molecular flexibility index (Phi) is 4.14. The van der Waals surface area contributed by atoms with Crippen molar-refractivity contribution in [2.75, 3.05) is 7.11 Å². The third-order valence-electron chi connectivity index (χ3n) is 3.62. The van der Waals surface area contributed by atoms with E-state index in [-0.39, 0.29) is 11.6 Å². The number of methoxy groups -OCH3 is 1. The Hall–Kier alpha value is -0.340. The van der Waals surface area contributed by atoms with Crippen LogP contribution in [0.5, 0.6) is 0 Å². The van der Waals surface area contributed by atoms with Gasteiger partial charge in [0.05, 0.1) is 5.60 Å². The molecule has 0 heterocycles. The van der Waals surface area contributed by atoms with E-state index in [1.54, 1.807) is 7.11 Å². The molecule has 1 aliphatic rings. The molecule has 1 rings (SSSR count). The van der Waals surface area contributed by atoms with Crippen molar-refractivity contribution in [1.29, 1.82) is 0 Å². The average Bonchev–Trinajstić information content (AvgIpc) is 2.20. The van der Waals surface area contributed by atoms with Crippen LogP contribution >= 0.6 is 0 Å². The predicted molar refractivity (Wildman–Crippen MR) is 60.2 cm³/mol. The van der Waals surface area contributed by atoms with Gasteiger partial charge in [-0.3, -0.25) is 0 Å². The maximum absolute atomic E-state index is 6.15. The van der Waals surface area contributed by atoms with Crippen LogP contribution in [0.2, 0.25) is 0 Å². The Morgan fingerprint density at radius 2 is 2.14 bits per heavy atom. The van der Waals surface area contributed by atoms with Gasteiger partial charge in [0.1, 0.15) is 0 Å². The topological polar surface area (TPSA) is 35.2 Å². The van der Waals surface area contributed by atoms with Crippen molar-refractivity contribution < 1.29 is 4.74 Å². The van der Waals surface area contributed by atoms with E-state index in [4.69, 9.17) is 10.5 Å². The van der Waals surface area contributed by atoms with Crippen LogP contribution in [0.25, 0.3) is 0 Å². The Labute approximate surface area is 87.5 Å². The van der Waals surface area contributed by atoms with Crippen LogP contribution < -0.4 is 5.73 Å². The standard InChI is InChI=1S/C12H23NO/c1-4-5-11(13)12(14-3)8-6-10(2)7-9-12/h4,10-11H,1,5-9,13H2,2-3H3. The summed E-state index contributed by atoms with van der Waals surface area (Å²) in [5, 5.41) is 0. The molecule has 0 amide bonds. The molecule has 14 heavy (non-hydrogen) atoms. The average molecular weight is 197 g/mol. The van der Waals surface area contributed by atoms with Crippen LogP contribution in [0.15, 0.2) is 12.7 Å². The predicted octanol–water partition coefficient (Wildman–Crippen LogP) is 2.49. The van der Waals surface area contributed by atoms with Crippen LogP contribution in [0.1, 0.15) is 39.0 Å². The number of nitrogens with two attached hydrogens (primary N) is 1. The Bertz CT molecular complexity index is 183. The Balaban J connectivity index is 2.61. The van der Waals surface area contributed by atoms with E-state index in [1.165, 1.54) is 12.8 Å². The molecule has 0 aromatic carbocycles. The first kappa shape index (κ1) is 11.7. The van der Waals surface area contributed by atoms with Gasteiger partial charge >= 0.3 is 0 Å². The fourth-order valence-corrected chi connectivity index (χ4v) is 2.37. The van der Waals surface area contributed by atoms with Crippen molar-refractivity contribution >= 4 is 0 Å². The van der Waals surface area contributed by atoms with E-state index in [9.17, 15) is 0 Å². The van der Waals surface area contributed by atoms with Gasteiger partial charge in [-0.25, -0.2) is 0 Å². The zero-order valence-corrected chi connectivity index (χ0v) is 9.46. The van der Waals surface area contributed by atoms with E-state index in [1.807, 2.05) is 6.08 Å². The number of hydrogen-bond acceptors (Lipinski definition) is 2. The zero-order valence-electron chi connectivity index (χ0n) is 9.46. The quantitative estimate of drug-likeness (QED) is 0.703. The summed E-state index contributed by atoms with van der Waals surface area (Å²) in [6.07, 6.45) is 7.41. The van der Waals surface area contributed by atoms with Crippen molar-refractivity contribution in [3.05, 3.63) is 12.7 Å². The number of rotatable bonds is 4. The fraction of sp³-hybridized carbons (Fsp3) is 0.833. The first-order chi connectivity index (χ1) is 6.64. The van der Waals surface area contributed by atoms with Gasteiger partial charge in [0.25, 0.3) is 0 Å². The molecule has 0 bridgehead atoms. The summed E-state index contributed by atoms with van der Waals surface area (Å²) in [6.45, 7) is 6.04. The van der Waals surface area contributed by atoms with E-state index >= 15 is 0 Å². The van der Waals surface area contributed by atoms with Gasteiger partial charge < -0.3 is 10.5 Å². The molecule has 0 aliphatic heterocycles. The molecule has 82 valence electrons. The van der Waals surface area contributed by atoms with Gasteiger partial charge in [0.15, 0.2) is 0 Å². The molecular formula is C12H23NO. The van der Waals surface area contributed by atoms with Crippen LogP contribution in [0, 0.1) is 5.92 Å². The highest BCUT2D eigenvalue weighted by molar-refractivity contribution is 4.97. The first-order valence-corrected chi connectivity index (χ1v) is 5.56. The number of ether oxygens (including phenoxy) is 1. The van der Waals surface area contributed by atoms with Crippen LogP contribution in [0.3, 0.4) is 0 Å². The van der Waals surface area contributed by atoms with Gasteiger partial charge in [-0.05, 0) is 38.0 Å². The number of hydrogen-bond donors (Lipinski definition) is 1. The Morgan fingerprint density at radius 3 is 2.57 bits per heavy atom. The summed E-state index contributed by atoms with van der Waals surface area (Å²) in [5.74, 6) is 0.828. The summed E-state index contributed by atoms with van der Waals surface area (Å²) in [5.41, 5.74) is 6.07. The van der Waals surface area contributed by atoms with Crippen molar-refractivity contribution in [3.63, 3.8) is 0 Å². The first-order valence-electron chi connectivity index (χ1n) is 5.56. The molecule has 0 aromatic rings. The molecule has 2 nitrogen and oxygen atoms in total. The van der Waals surface area contributed by atoms with Crippen LogP contribution in [0.4, 0.5) is 0 Å². The summed E-state index contributed by atoms with van der Waals surface area (Å²) >= 11 is 0. The summed E-state index contributed by atoms with van der Waals surface area (Å²) in [7, 11) is 1.79. The highest BCUT2D eigenvalue weighted by atomic mass is 16.5. The molecule has 0 saturated heterocycles. The Morgan fingerprint density at radius 1 is 1.57 bits per heavy atom. The lowest BCUT2D eigenvalue weighted by atomic mass is 9.75. The molecule has 0 radical (unpaired) electrons. The SMILES string of the molecule is C=CCC(N)C1(OC)CCC(C)CC1. The highest BCUT2D eigenvalue weighted by Gasteiger charge is 2.38. The second-order valence-corrected chi connectivity index (χ2v) is 4.58. The van der Waals surface area contributed by atoms with Gasteiger partial charge in [-0.15, -0.1) is 6.58 Å². The minimum Gasteiger partial charge on any atom is -0.377 e. The van der Waals surface area contributed by atoms with Gasteiger partial charge in [0.2, 0.25) is 0 Å². The smallest absolute Gasteiger partial charge is 0.0832 e. The summed E-state index contributed by atoms with van der Waals surface area (Å²) in [4.78, 5) is 0. The minimum absolute atomic E-state index is 0.0826. The molecule has 0 spiro atoms. The van der Waals surface area contributed by atoms with Crippen molar-refractivity contribution in [2.45, 2.75) is 50.7 Å². The van der Waals surface area contributed by atoms with Crippen LogP contribution in [-0.4, -0.2) is 18.8 Å². The molecule has 1 fully saturated rings. The maximum atomic E-state index is 6.15. The van der Waals surface area contributed by atoms with E-state index in [0.29, 0.717) is 0 Å². The molecule has 1 saturated carbocycles. The van der Waals surface area contributed by atoms with Gasteiger partial charge in [0, 0.05) is 13.2 Å². The minimum atomic E-state index is -0.0826. The van der Waals surface area contributed by atoms with E-state index < -0.39 is 0 Å². The maximum Gasteiger partial charge on any atom is 0.0832 e. The molecule has 1 unspecified atom stereocenters. The fourth-order valence-electron chi connectivity index (χ4n) is 2.37. The summed E-state index contributed by atoms with van der Waals surface area (Å²) in [6, 6.07) is 0.109.